The molecule has 0 aliphatic carbocycles. The number of unbranched alkanes of at least 4 members (excludes halogenated alkanes) is 2. The van der Waals surface area contributed by atoms with Gasteiger partial charge in [-0.1, -0.05) is 26.7 Å². The van der Waals surface area contributed by atoms with Crippen molar-refractivity contribution in [1.82, 2.24) is 0 Å². The maximum absolute atomic E-state index is 9.09. The molecular formula is C12H27NO2. The van der Waals surface area contributed by atoms with Gasteiger partial charge in [0.25, 0.3) is 0 Å². The van der Waals surface area contributed by atoms with Crippen molar-refractivity contribution in [2.45, 2.75) is 57.9 Å². The number of ether oxygens (including phenoxy) is 1. The van der Waals surface area contributed by atoms with E-state index in [1.54, 1.807) is 0 Å². The van der Waals surface area contributed by atoms with Crippen LogP contribution in [0, 0.1) is 0 Å². The first-order valence-electron chi connectivity index (χ1n) is 6.16. The summed E-state index contributed by atoms with van der Waals surface area (Å²) in [5.74, 6) is 0. The number of aliphatic hydroxyl groups is 1. The van der Waals surface area contributed by atoms with Crippen LogP contribution in [0.3, 0.4) is 0 Å². The van der Waals surface area contributed by atoms with Crippen LogP contribution in [0.25, 0.3) is 0 Å². The summed E-state index contributed by atoms with van der Waals surface area (Å²) in [4.78, 5) is 0. The highest BCUT2D eigenvalue weighted by molar-refractivity contribution is 4.81. The molecule has 92 valence electrons. The quantitative estimate of drug-likeness (QED) is 0.551. The molecule has 0 rings (SSSR count). The maximum atomic E-state index is 9.09. The van der Waals surface area contributed by atoms with Gasteiger partial charge in [0.2, 0.25) is 0 Å². The fraction of sp³-hybridized carbons (Fsp3) is 1.00. The molecule has 15 heavy (non-hydrogen) atoms. The zero-order valence-electron chi connectivity index (χ0n) is 10.3. The summed E-state index contributed by atoms with van der Waals surface area (Å²) in [5, 5.41) is 9.09. The molecule has 0 aromatic heterocycles. The maximum Gasteiger partial charge on any atom is 0.0611 e. The van der Waals surface area contributed by atoms with Gasteiger partial charge in [-0.05, 0) is 25.7 Å². The van der Waals surface area contributed by atoms with Crippen molar-refractivity contribution in [3.8, 4) is 0 Å². The summed E-state index contributed by atoms with van der Waals surface area (Å²) in [5.41, 5.74) is 5.56. The summed E-state index contributed by atoms with van der Waals surface area (Å²) in [6, 6.07) is 0. The lowest BCUT2D eigenvalue weighted by atomic mass is 9.93. The van der Waals surface area contributed by atoms with E-state index in [-0.39, 0.29) is 6.61 Å². The molecule has 0 heterocycles. The lowest BCUT2D eigenvalue weighted by molar-refractivity contribution is 0.111. The van der Waals surface area contributed by atoms with Crippen molar-refractivity contribution in [2.24, 2.45) is 5.73 Å². The Bertz CT molecular complexity index is 136. The van der Waals surface area contributed by atoms with Crippen LogP contribution in [-0.4, -0.2) is 30.5 Å². The van der Waals surface area contributed by atoms with E-state index >= 15 is 0 Å². The van der Waals surface area contributed by atoms with Gasteiger partial charge in [0.05, 0.1) is 6.61 Å². The monoisotopic (exact) mass is 217 g/mol. The minimum Gasteiger partial charge on any atom is -0.394 e. The highest BCUT2D eigenvalue weighted by Crippen LogP contribution is 2.13. The average molecular weight is 217 g/mol. The van der Waals surface area contributed by atoms with E-state index in [2.05, 4.69) is 6.92 Å². The van der Waals surface area contributed by atoms with Crippen LogP contribution in [0.15, 0.2) is 0 Å². The van der Waals surface area contributed by atoms with Crippen LogP contribution < -0.4 is 5.73 Å². The molecule has 0 amide bonds. The van der Waals surface area contributed by atoms with E-state index in [9.17, 15) is 0 Å². The standard InChI is InChI=1S/C12H27NO2/c1-3-5-6-9-15-10-7-8-12(13,4-2)11-14/h14H,3-11,13H2,1-2H3. The van der Waals surface area contributed by atoms with E-state index in [1.807, 2.05) is 6.92 Å². The van der Waals surface area contributed by atoms with Crippen molar-refractivity contribution in [1.29, 1.82) is 0 Å². The summed E-state index contributed by atoms with van der Waals surface area (Å²) in [7, 11) is 0. The summed E-state index contributed by atoms with van der Waals surface area (Å²) >= 11 is 0. The van der Waals surface area contributed by atoms with Gasteiger partial charge in [-0.3, -0.25) is 0 Å². The molecular weight excluding hydrogens is 190 g/mol. The molecule has 1 atom stereocenters. The zero-order chi connectivity index (χ0) is 11.6. The van der Waals surface area contributed by atoms with E-state index in [4.69, 9.17) is 15.6 Å². The van der Waals surface area contributed by atoms with Gasteiger partial charge in [0.15, 0.2) is 0 Å². The van der Waals surface area contributed by atoms with Gasteiger partial charge in [-0.2, -0.15) is 0 Å². The predicted octanol–water partition coefficient (Wildman–Crippen LogP) is 2.07. The predicted molar refractivity (Wildman–Crippen MR) is 63.9 cm³/mol. The van der Waals surface area contributed by atoms with Crippen LogP contribution in [0.2, 0.25) is 0 Å². The van der Waals surface area contributed by atoms with Gasteiger partial charge < -0.3 is 15.6 Å². The van der Waals surface area contributed by atoms with Crippen LogP contribution in [-0.2, 0) is 4.74 Å². The highest BCUT2D eigenvalue weighted by atomic mass is 16.5. The summed E-state index contributed by atoms with van der Waals surface area (Å²) in [6.45, 7) is 5.89. The largest absolute Gasteiger partial charge is 0.394 e. The van der Waals surface area contributed by atoms with Crippen molar-refractivity contribution >= 4 is 0 Å². The van der Waals surface area contributed by atoms with E-state index in [1.165, 1.54) is 12.8 Å². The van der Waals surface area contributed by atoms with E-state index < -0.39 is 5.54 Å². The average Bonchev–Trinajstić information content (AvgIpc) is 2.27. The molecule has 0 aromatic rings. The SMILES string of the molecule is CCCCCOCCCC(N)(CC)CO. The van der Waals surface area contributed by atoms with Crippen LogP contribution in [0.4, 0.5) is 0 Å². The topological polar surface area (TPSA) is 55.5 Å². The molecule has 0 aliphatic heterocycles. The lowest BCUT2D eigenvalue weighted by Gasteiger charge is -2.25. The molecule has 0 saturated heterocycles. The Morgan fingerprint density at radius 2 is 1.80 bits per heavy atom. The number of hydrogen-bond acceptors (Lipinski definition) is 3. The fourth-order valence-corrected chi connectivity index (χ4v) is 1.45. The van der Waals surface area contributed by atoms with Gasteiger partial charge in [-0.25, -0.2) is 0 Å². The second-order valence-electron chi connectivity index (χ2n) is 4.30. The molecule has 1 unspecified atom stereocenters. The number of aliphatic hydroxyl groups excluding tert-OH is 1. The van der Waals surface area contributed by atoms with Gasteiger partial charge in [0.1, 0.15) is 0 Å². The smallest absolute Gasteiger partial charge is 0.0611 e. The molecule has 0 radical (unpaired) electrons. The number of nitrogens with two attached hydrogens (primary N) is 1. The summed E-state index contributed by atoms with van der Waals surface area (Å²) < 4.78 is 5.48. The minimum absolute atomic E-state index is 0.0688. The van der Waals surface area contributed by atoms with E-state index in [0.29, 0.717) is 0 Å². The minimum atomic E-state index is -0.396. The molecule has 0 aromatic carbocycles. The molecule has 0 saturated carbocycles. The number of hydrogen-bond donors (Lipinski definition) is 2. The third-order valence-corrected chi connectivity index (χ3v) is 2.87. The Kier molecular flexibility index (Phi) is 9.06. The lowest BCUT2D eigenvalue weighted by Crippen LogP contribution is -2.43. The molecule has 3 nitrogen and oxygen atoms in total. The van der Waals surface area contributed by atoms with Crippen molar-refractivity contribution in [3.05, 3.63) is 0 Å². The molecule has 0 aliphatic rings. The van der Waals surface area contributed by atoms with Crippen molar-refractivity contribution in [2.75, 3.05) is 19.8 Å². The molecule has 3 heteroatoms. The first-order chi connectivity index (χ1) is 7.18. The van der Waals surface area contributed by atoms with Gasteiger partial charge in [-0.15, -0.1) is 0 Å². The van der Waals surface area contributed by atoms with Gasteiger partial charge in [0, 0.05) is 18.8 Å². The molecule has 0 fully saturated rings. The first kappa shape index (κ1) is 14.9. The third kappa shape index (κ3) is 7.77. The second-order valence-corrected chi connectivity index (χ2v) is 4.30. The van der Waals surface area contributed by atoms with E-state index in [0.717, 1.165) is 38.9 Å². The Morgan fingerprint density at radius 3 is 2.33 bits per heavy atom. The van der Waals surface area contributed by atoms with Crippen LogP contribution in [0.5, 0.6) is 0 Å². The normalized spacial score (nSPS) is 15.2. The first-order valence-corrected chi connectivity index (χ1v) is 6.16. The Morgan fingerprint density at radius 1 is 1.13 bits per heavy atom. The van der Waals surface area contributed by atoms with Crippen molar-refractivity contribution < 1.29 is 9.84 Å². The molecule has 0 bridgehead atoms. The van der Waals surface area contributed by atoms with Crippen LogP contribution >= 0.6 is 0 Å². The zero-order valence-corrected chi connectivity index (χ0v) is 10.3. The van der Waals surface area contributed by atoms with Gasteiger partial charge >= 0.3 is 0 Å². The Balaban J connectivity index is 3.29. The molecule has 3 N–H and O–H groups in total. The van der Waals surface area contributed by atoms with Crippen molar-refractivity contribution in [3.63, 3.8) is 0 Å². The van der Waals surface area contributed by atoms with Crippen LogP contribution in [0.1, 0.15) is 52.4 Å². The second kappa shape index (κ2) is 9.13. The highest BCUT2D eigenvalue weighted by Gasteiger charge is 2.20. The number of rotatable bonds is 10. The fourth-order valence-electron chi connectivity index (χ4n) is 1.45. The summed E-state index contributed by atoms with van der Waals surface area (Å²) in [6.07, 6.45) is 6.23. The molecule has 0 spiro atoms. The Labute approximate surface area is 94.0 Å². The Hall–Kier alpha value is -0.120. The third-order valence-electron chi connectivity index (χ3n) is 2.87.